The molecule has 2 heterocycles. The monoisotopic (exact) mass is 199 g/mol. The van der Waals surface area contributed by atoms with Gasteiger partial charge >= 0.3 is 0 Å². The predicted molar refractivity (Wildman–Crippen MR) is 60.1 cm³/mol. The molecular formula is C12H13N3. The lowest BCUT2D eigenvalue weighted by Crippen LogP contribution is -2.00. The molecule has 2 N–H and O–H groups in total. The number of hydrogen-bond donors (Lipinski definition) is 1. The summed E-state index contributed by atoms with van der Waals surface area (Å²) in [7, 11) is 0. The molecule has 76 valence electrons. The minimum Gasteiger partial charge on any atom is -0.325 e. The van der Waals surface area contributed by atoms with E-state index in [1.807, 2.05) is 43.3 Å². The van der Waals surface area contributed by atoms with Crippen LogP contribution in [0.3, 0.4) is 0 Å². The van der Waals surface area contributed by atoms with Crippen molar-refractivity contribution in [3.05, 3.63) is 47.8 Å². The second-order valence-electron chi connectivity index (χ2n) is 3.38. The highest BCUT2D eigenvalue weighted by Crippen LogP contribution is 2.14. The number of rotatable bonds is 2. The molecule has 0 saturated heterocycles. The average Bonchev–Trinajstić information content (AvgIpc) is 2.29. The van der Waals surface area contributed by atoms with Crippen LogP contribution in [0.25, 0.3) is 11.4 Å². The van der Waals surface area contributed by atoms with Gasteiger partial charge in [0.2, 0.25) is 0 Å². The Bertz CT molecular complexity index is 466. The summed E-state index contributed by atoms with van der Waals surface area (Å²) in [5.41, 5.74) is 9.19. The van der Waals surface area contributed by atoms with E-state index in [1.54, 1.807) is 0 Å². The molecule has 2 aromatic heterocycles. The van der Waals surface area contributed by atoms with Gasteiger partial charge in [-0.25, -0.2) is 4.98 Å². The number of aromatic nitrogens is 2. The molecule has 0 aromatic carbocycles. The van der Waals surface area contributed by atoms with E-state index in [-0.39, 0.29) is 0 Å². The van der Waals surface area contributed by atoms with E-state index in [9.17, 15) is 0 Å². The van der Waals surface area contributed by atoms with Gasteiger partial charge in [-0.1, -0.05) is 12.1 Å². The normalized spacial score (nSPS) is 10.3. The molecule has 0 atom stereocenters. The van der Waals surface area contributed by atoms with Crippen LogP contribution in [0.15, 0.2) is 36.4 Å². The molecule has 0 amide bonds. The van der Waals surface area contributed by atoms with E-state index < -0.39 is 0 Å². The van der Waals surface area contributed by atoms with Crippen LogP contribution in [0.2, 0.25) is 0 Å². The van der Waals surface area contributed by atoms with E-state index in [0.29, 0.717) is 6.54 Å². The minimum atomic E-state index is 0.458. The van der Waals surface area contributed by atoms with Gasteiger partial charge in [-0.3, -0.25) is 4.98 Å². The lowest BCUT2D eigenvalue weighted by Gasteiger charge is -2.02. The van der Waals surface area contributed by atoms with Crippen LogP contribution >= 0.6 is 0 Å². The fourth-order valence-corrected chi connectivity index (χ4v) is 1.42. The quantitative estimate of drug-likeness (QED) is 0.803. The molecule has 2 aromatic rings. The van der Waals surface area contributed by atoms with Gasteiger partial charge in [-0.15, -0.1) is 0 Å². The molecule has 15 heavy (non-hydrogen) atoms. The van der Waals surface area contributed by atoms with Crippen LogP contribution in [-0.4, -0.2) is 9.97 Å². The molecular weight excluding hydrogens is 186 g/mol. The highest BCUT2D eigenvalue weighted by molar-refractivity contribution is 5.54. The third kappa shape index (κ3) is 2.19. The Kier molecular flexibility index (Phi) is 2.74. The molecule has 2 rings (SSSR count). The zero-order chi connectivity index (χ0) is 10.7. The van der Waals surface area contributed by atoms with Crippen LogP contribution in [-0.2, 0) is 6.54 Å². The van der Waals surface area contributed by atoms with Gasteiger partial charge in [-0.05, 0) is 31.2 Å². The van der Waals surface area contributed by atoms with Crippen molar-refractivity contribution in [2.24, 2.45) is 5.73 Å². The summed E-state index contributed by atoms with van der Waals surface area (Å²) in [5, 5.41) is 0. The number of aryl methyl sites for hydroxylation is 1. The van der Waals surface area contributed by atoms with E-state index in [2.05, 4.69) is 9.97 Å². The molecule has 0 spiro atoms. The summed E-state index contributed by atoms with van der Waals surface area (Å²) in [6.07, 6.45) is 0. The van der Waals surface area contributed by atoms with Gasteiger partial charge in [0.25, 0.3) is 0 Å². The molecule has 0 unspecified atom stereocenters. The average molecular weight is 199 g/mol. The first-order valence-corrected chi connectivity index (χ1v) is 4.89. The molecule has 0 aliphatic heterocycles. The van der Waals surface area contributed by atoms with Crippen LogP contribution in [0.4, 0.5) is 0 Å². The zero-order valence-corrected chi connectivity index (χ0v) is 8.64. The molecule has 0 aliphatic carbocycles. The maximum atomic E-state index is 5.54. The Balaban J connectivity index is 2.44. The topological polar surface area (TPSA) is 51.8 Å². The van der Waals surface area contributed by atoms with Crippen molar-refractivity contribution in [1.29, 1.82) is 0 Å². The van der Waals surface area contributed by atoms with Crippen molar-refractivity contribution in [1.82, 2.24) is 9.97 Å². The second-order valence-corrected chi connectivity index (χ2v) is 3.38. The Hall–Kier alpha value is -1.74. The van der Waals surface area contributed by atoms with E-state index in [4.69, 9.17) is 5.73 Å². The summed E-state index contributed by atoms with van der Waals surface area (Å²) < 4.78 is 0. The fraction of sp³-hybridized carbons (Fsp3) is 0.167. The van der Waals surface area contributed by atoms with Crippen molar-refractivity contribution >= 4 is 0 Å². The maximum Gasteiger partial charge on any atom is 0.0890 e. The number of nitrogens with zero attached hydrogens (tertiary/aromatic N) is 2. The first-order chi connectivity index (χ1) is 7.29. The van der Waals surface area contributed by atoms with Gasteiger partial charge in [0, 0.05) is 12.2 Å². The lowest BCUT2D eigenvalue weighted by atomic mass is 10.2. The Morgan fingerprint density at radius 2 is 1.67 bits per heavy atom. The molecule has 0 radical (unpaired) electrons. The Morgan fingerprint density at radius 3 is 2.33 bits per heavy atom. The Labute approximate surface area is 89.0 Å². The fourth-order valence-electron chi connectivity index (χ4n) is 1.42. The van der Waals surface area contributed by atoms with Gasteiger partial charge in [0.1, 0.15) is 0 Å². The van der Waals surface area contributed by atoms with Crippen molar-refractivity contribution < 1.29 is 0 Å². The zero-order valence-electron chi connectivity index (χ0n) is 8.64. The summed E-state index contributed by atoms with van der Waals surface area (Å²) in [4.78, 5) is 8.83. The molecule has 3 heteroatoms. The van der Waals surface area contributed by atoms with Crippen molar-refractivity contribution in [3.8, 4) is 11.4 Å². The minimum absolute atomic E-state index is 0.458. The highest BCUT2D eigenvalue weighted by atomic mass is 14.8. The third-order valence-electron chi connectivity index (χ3n) is 2.17. The second kappa shape index (κ2) is 4.19. The van der Waals surface area contributed by atoms with Crippen molar-refractivity contribution in [2.75, 3.05) is 0 Å². The third-order valence-corrected chi connectivity index (χ3v) is 2.17. The molecule has 0 fully saturated rings. The molecule has 0 aliphatic rings. The van der Waals surface area contributed by atoms with Crippen LogP contribution in [0.5, 0.6) is 0 Å². The van der Waals surface area contributed by atoms with E-state index in [0.717, 1.165) is 22.8 Å². The van der Waals surface area contributed by atoms with Crippen molar-refractivity contribution in [3.63, 3.8) is 0 Å². The van der Waals surface area contributed by atoms with Crippen molar-refractivity contribution in [2.45, 2.75) is 13.5 Å². The number of pyridine rings is 2. The molecule has 0 saturated carbocycles. The summed E-state index contributed by atoms with van der Waals surface area (Å²) in [6.45, 7) is 2.43. The molecule has 3 nitrogen and oxygen atoms in total. The largest absolute Gasteiger partial charge is 0.325 e. The maximum absolute atomic E-state index is 5.54. The SMILES string of the molecule is Cc1cccc(-c2cccc(CN)n2)n1. The summed E-state index contributed by atoms with van der Waals surface area (Å²) >= 11 is 0. The van der Waals surface area contributed by atoms with Crippen LogP contribution < -0.4 is 5.73 Å². The van der Waals surface area contributed by atoms with Gasteiger partial charge in [0.05, 0.1) is 17.1 Å². The first-order valence-electron chi connectivity index (χ1n) is 4.89. The predicted octanol–water partition coefficient (Wildman–Crippen LogP) is 1.91. The van der Waals surface area contributed by atoms with E-state index >= 15 is 0 Å². The smallest absolute Gasteiger partial charge is 0.0890 e. The first kappa shape index (κ1) is 9.80. The lowest BCUT2D eigenvalue weighted by molar-refractivity contribution is 0.989. The molecule has 0 bridgehead atoms. The standard InChI is InChI=1S/C12H13N3/c1-9-4-2-6-11(14-9)12-7-3-5-10(8-13)15-12/h2-7H,8,13H2,1H3. The van der Waals surface area contributed by atoms with Gasteiger partial charge in [0.15, 0.2) is 0 Å². The summed E-state index contributed by atoms with van der Waals surface area (Å²) in [6, 6.07) is 11.7. The van der Waals surface area contributed by atoms with Gasteiger partial charge in [-0.2, -0.15) is 0 Å². The van der Waals surface area contributed by atoms with E-state index in [1.165, 1.54) is 0 Å². The van der Waals surface area contributed by atoms with Gasteiger partial charge < -0.3 is 5.73 Å². The number of nitrogens with two attached hydrogens (primary N) is 1. The Morgan fingerprint density at radius 1 is 1.00 bits per heavy atom. The van der Waals surface area contributed by atoms with Crippen LogP contribution in [0, 0.1) is 6.92 Å². The highest BCUT2D eigenvalue weighted by Gasteiger charge is 2.01. The van der Waals surface area contributed by atoms with Crippen LogP contribution in [0.1, 0.15) is 11.4 Å². The summed E-state index contributed by atoms with van der Waals surface area (Å²) in [5.74, 6) is 0. The number of hydrogen-bond acceptors (Lipinski definition) is 3.